The maximum Gasteiger partial charge on any atom is 0.274 e. The molecular formula is C19H22N3O3+. The van der Waals surface area contributed by atoms with Crippen LogP contribution in [0.25, 0.3) is 0 Å². The minimum Gasteiger partial charge on any atom is -0.486 e. The molecule has 0 bridgehead atoms. The van der Waals surface area contributed by atoms with Crippen LogP contribution in [-0.2, 0) is 11.2 Å². The lowest BCUT2D eigenvalue weighted by Gasteiger charge is -2.31. The second-order valence-electron chi connectivity index (χ2n) is 6.27. The van der Waals surface area contributed by atoms with E-state index >= 15 is 0 Å². The lowest BCUT2D eigenvalue weighted by atomic mass is 10.1. The molecule has 1 aromatic carbocycles. The summed E-state index contributed by atoms with van der Waals surface area (Å²) in [6.07, 6.45) is 2.32. The number of pyridine rings is 1. The van der Waals surface area contributed by atoms with Gasteiger partial charge in [-0.1, -0.05) is 12.1 Å². The van der Waals surface area contributed by atoms with Crippen molar-refractivity contribution in [1.29, 1.82) is 0 Å². The summed E-state index contributed by atoms with van der Waals surface area (Å²) in [4.78, 5) is 20.1. The molecule has 0 atom stereocenters. The molecule has 1 fully saturated rings. The van der Waals surface area contributed by atoms with Gasteiger partial charge in [0.1, 0.15) is 26.3 Å². The predicted molar refractivity (Wildman–Crippen MR) is 92.9 cm³/mol. The van der Waals surface area contributed by atoms with Crippen molar-refractivity contribution in [3.8, 4) is 11.5 Å². The van der Waals surface area contributed by atoms with Gasteiger partial charge in [-0.2, -0.15) is 0 Å². The minimum absolute atomic E-state index is 0.161. The Kier molecular flexibility index (Phi) is 4.41. The van der Waals surface area contributed by atoms with E-state index < -0.39 is 0 Å². The topological polar surface area (TPSA) is 56.2 Å². The van der Waals surface area contributed by atoms with Gasteiger partial charge >= 0.3 is 0 Å². The van der Waals surface area contributed by atoms with Crippen LogP contribution in [0.5, 0.6) is 11.5 Å². The summed E-state index contributed by atoms with van der Waals surface area (Å²) in [5.41, 5.74) is 0.966. The molecule has 1 aromatic heterocycles. The third kappa shape index (κ3) is 3.52. The normalized spacial score (nSPS) is 16.6. The molecule has 130 valence electrons. The summed E-state index contributed by atoms with van der Waals surface area (Å²) in [6, 6.07) is 11.8. The molecule has 0 spiro atoms. The van der Waals surface area contributed by atoms with Crippen LogP contribution < -0.4 is 19.4 Å². The van der Waals surface area contributed by atoms with Crippen LogP contribution in [0, 0.1) is 0 Å². The molecule has 1 saturated heterocycles. The highest BCUT2D eigenvalue weighted by Gasteiger charge is 2.26. The zero-order chi connectivity index (χ0) is 17.1. The molecule has 6 nitrogen and oxygen atoms in total. The fraction of sp³-hybridized carbons (Fsp3) is 0.368. The predicted octanol–water partition coefficient (Wildman–Crippen LogP) is 1.16. The first-order valence-corrected chi connectivity index (χ1v) is 8.67. The Hall–Kier alpha value is -2.76. The first-order chi connectivity index (χ1) is 12.3. The molecule has 0 unspecified atom stereocenters. The molecule has 4 rings (SSSR count). The fourth-order valence-corrected chi connectivity index (χ4v) is 3.26. The lowest BCUT2D eigenvalue weighted by Crippen LogP contribution is -2.50. The Labute approximate surface area is 147 Å². The van der Waals surface area contributed by atoms with Crippen LogP contribution in [0.15, 0.2) is 42.6 Å². The van der Waals surface area contributed by atoms with Gasteiger partial charge in [-0.3, -0.25) is 9.69 Å². The Bertz CT molecular complexity index is 743. The number of aromatic amines is 1. The van der Waals surface area contributed by atoms with Gasteiger partial charge < -0.3 is 14.4 Å². The first-order valence-electron chi connectivity index (χ1n) is 8.67. The van der Waals surface area contributed by atoms with E-state index in [2.05, 4.69) is 16.0 Å². The van der Waals surface area contributed by atoms with Gasteiger partial charge in [0.05, 0.1) is 25.7 Å². The molecular weight excluding hydrogens is 318 g/mol. The number of hydrogen-bond donors (Lipinski definition) is 0. The van der Waals surface area contributed by atoms with Gasteiger partial charge in [-0.05, 0) is 23.8 Å². The van der Waals surface area contributed by atoms with Gasteiger partial charge in [-0.15, -0.1) is 0 Å². The average molecular weight is 340 g/mol. The second kappa shape index (κ2) is 7.01. The molecule has 2 aliphatic heterocycles. The van der Waals surface area contributed by atoms with Crippen molar-refractivity contribution in [3.63, 3.8) is 0 Å². The highest BCUT2D eigenvalue weighted by atomic mass is 16.6. The Morgan fingerprint density at radius 3 is 2.56 bits per heavy atom. The van der Waals surface area contributed by atoms with E-state index in [1.807, 2.05) is 41.4 Å². The van der Waals surface area contributed by atoms with Crippen molar-refractivity contribution in [3.05, 3.63) is 48.2 Å². The van der Waals surface area contributed by atoms with Crippen molar-refractivity contribution in [2.45, 2.75) is 6.42 Å². The van der Waals surface area contributed by atoms with Gasteiger partial charge in [-0.25, -0.2) is 4.98 Å². The van der Waals surface area contributed by atoms with Crippen LogP contribution in [0.2, 0.25) is 0 Å². The van der Waals surface area contributed by atoms with Crippen molar-refractivity contribution in [2.75, 3.05) is 44.3 Å². The Balaban J connectivity index is 1.35. The fourth-order valence-electron chi connectivity index (χ4n) is 3.26. The number of hydrogen-bond acceptors (Lipinski definition) is 4. The van der Waals surface area contributed by atoms with Gasteiger partial charge in [0.25, 0.3) is 5.82 Å². The number of benzene rings is 1. The van der Waals surface area contributed by atoms with Gasteiger partial charge in [0, 0.05) is 6.07 Å². The number of anilines is 1. The maximum absolute atomic E-state index is 12.6. The molecule has 1 N–H and O–H groups in total. The third-order valence-electron chi connectivity index (χ3n) is 4.63. The summed E-state index contributed by atoms with van der Waals surface area (Å²) >= 11 is 0. The highest BCUT2D eigenvalue weighted by molar-refractivity contribution is 5.79. The molecule has 3 heterocycles. The summed E-state index contributed by atoms with van der Waals surface area (Å²) in [7, 11) is 0. The number of amides is 1. The molecule has 25 heavy (non-hydrogen) atoms. The second-order valence-corrected chi connectivity index (χ2v) is 6.27. The van der Waals surface area contributed by atoms with E-state index in [1.165, 1.54) is 0 Å². The van der Waals surface area contributed by atoms with Gasteiger partial charge in [0.15, 0.2) is 11.5 Å². The zero-order valence-corrected chi connectivity index (χ0v) is 14.1. The molecule has 2 aromatic rings. The SMILES string of the molecule is O=C(Cc1ccc2c(c1)OCCO2)N1CCN(c2cccc[nH+]2)CC1. The number of aromatic nitrogens is 1. The number of ether oxygens (including phenoxy) is 2. The molecule has 0 aliphatic carbocycles. The van der Waals surface area contributed by atoms with E-state index in [0.29, 0.717) is 19.6 Å². The minimum atomic E-state index is 0.161. The number of nitrogens with one attached hydrogen (secondary N) is 1. The first kappa shape index (κ1) is 15.7. The zero-order valence-electron chi connectivity index (χ0n) is 14.1. The van der Waals surface area contributed by atoms with Crippen LogP contribution in [-0.4, -0.2) is 50.2 Å². The molecule has 0 radical (unpaired) electrons. The smallest absolute Gasteiger partial charge is 0.274 e. The maximum atomic E-state index is 12.6. The van der Waals surface area contributed by atoms with Crippen molar-refractivity contribution >= 4 is 11.7 Å². The quantitative estimate of drug-likeness (QED) is 0.841. The number of H-pyrrole nitrogens is 1. The standard InChI is InChI=1S/C19H21N3O3/c23-19(14-15-4-5-16-17(13-15)25-12-11-24-16)22-9-7-21(8-10-22)18-3-1-2-6-20-18/h1-6,13H,7-12,14H2/p+1. The summed E-state index contributed by atoms with van der Waals surface area (Å²) in [5.74, 6) is 2.76. The van der Waals surface area contributed by atoms with Crippen molar-refractivity contribution in [2.24, 2.45) is 0 Å². The highest BCUT2D eigenvalue weighted by Crippen LogP contribution is 2.31. The third-order valence-corrected chi connectivity index (χ3v) is 4.63. The van der Waals surface area contributed by atoms with E-state index in [1.54, 1.807) is 0 Å². The van der Waals surface area contributed by atoms with Crippen LogP contribution in [0.3, 0.4) is 0 Å². The Morgan fingerprint density at radius 2 is 1.80 bits per heavy atom. The monoisotopic (exact) mass is 340 g/mol. The number of carbonyl (C=O) groups excluding carboxylic acids is 1. The molecule has 6 heteroatoms. The Morgan fingerprint density at radius 1 is 1.00 bits per heavy atom. The number of rotatable bonds is 3. The largest absolute Gasteiger partial charge is 0.486 e. The van der Waals surface area contributed by atoms with Gasteiger partial charge in [0.2, 0.25) is 5.91 Å². The molecule has 2 aliphatic rings. The lowest BCUT2D eigenvalue weighted by molar-refractivity contribution is -0.364. The van der Waals surface area contributed by atoms with E-state index in [-0.39, 0.29) is 5.91 Å². The number of carbonyl (C=O) groups is 1. The molecule has 1 amide bonds. The van der Waals surface area contributed by atoms with Crippen LogP contribution in [0.1, 0.15) is 5.56 Å². The van der Waals surface area contributed by atoms with Crippen molar-refractivity contribution in [1.82, 2.24) is 4.90 Å². The number of piperazine rings is 1. The average Bonchev–Trinajstić information content (AvgIpc) is 2.69. The summed E-state index contributed by atoms with van der Waals surface area (Å²) in [5, 5.41) is 0. The van der Waals surface area contributed by atoms with E-state index in [9.17, 15) is 4.79 Å². The summed E-state index contributed by atoms with van der Waals surface area (Å²) in [6.45, 7) is 4.30. The van der Waals surface area contributed by atoms with Crippen LogP contribution >= 0.6 is 0 Å². The van der Waals surface area contributed by atoms with E-state index in [0.717, 1.165) is 49.1 Å². The number of fused-ring (bicyclic) bond motifs is 1. The van der Waals surface area contributed by atoms with E-state index in [4.69, 9.17) is 9.47 Å². The van der Waals surface area contributed by atoms with Crippen LogP contribution in [0.4, 0.5) is 5.82 Å². The summed E-state index contributed by atoms with van der Waals surface area (Å²) < 4.78 is 11.1. The molecule has 0 saturated carbocycles. The van der Waals surface area contributed by atoms with Crippen molar-refractivity contribution < 1.29 is 19.3 Å². The number of nitrogens with zero attached hydrogens (tertiary/aromatic N) is 2.